The third-order valence-electron chi connectivity index (χ3n) is 2.56. The van der Waals surface area contributed by atoms with Crippen molar-refractivity contribution in [3.05, 3.63) is 0 Å². The molecule has 2 nitrogen and oxygen atoms in total. The van der Waals surface area contributed by atoms with E-state index in [0.717, 1.165) is 19.3 Å². The molecule has 0 amide bonds. The Hall–Kier alpha value is -0.0800. The molecule has 0 aliphatic carbocycles. The molecule has 1 atom stereocenters. The zero-order chi connectivity index (χ0) is 11.9. The summed E-state index contributed by atoms with van der Waals surface area (Å²) in [5.74, 6) is 0.560. The summed E-state index contributed by atoms with van der Waals surface area (Å²) in [4.78, 5) is 0. The maximum absolute atomic E-state index is 8.75. The van der Waals surface area contributed by atoms with E-state index < -0.39 is 0 Å². The zero-order valence-electron chi connectivity index (χ0n) is 10.8. The van der Waals surface area contributed by atoms with Gasteiger partial charge in [-0.2, -0.15) is 0 Å². The number of rotatable bonds is 8. The Morgan fingerprint density at radius 1 is 0.867 bits per heavy atom. The van der Waals surface area contributed by atoms with Gasteiger partial charge in [-0.1, -0.05) is 52.9 Å². The molecule has 0 bridgehead atoms. The van der Waals surface area contributed by atoms with E-state index in [0.29, 0.717) is 19.1 Å². The van der Waals surface area contributed by atoms with Gasteiger partial charge in [0.1, 0.15) is 0 Å². The molecule has 0 spiro atoms. The molecule has 0 radical (unpaired) electrons. The summed E-state index contributed by atoms with van der Waals surface area (Å²) in [6.07, 6.45) is 8.16. The van der Waals surface area contributed by atoms with Gasteiger partial charge in [0.25, 0.3) is 0 Å². The summed E-state index contributed by atoms with van der Waals surface area (Å²) >= 11 is 0. The molecule has 2 heteroatoms. The predicted molar refractivity (Wildman–Crippen MR) is 67.0 cm³/mol. The van der Waals surface area contributed by atoms with Gasteiger partial charge >= 0.3 is 0 Å². The summed E-state index contributed by atoms with van der Waals surface area (Å²) < 4.78 is 0. The first-order valence-corrected chi connectivity index (χ1v) is 6.48. The topological polar surface area (TPSA) is 40.5 Å². The molecule has 15 heavy (non-hydrogen) atoms. The summed E-state index contributed by atoms with van der Waals surface area (Å²) in [6, 6.07) is 0. The van der Waals surface area contributed by atoms with Crippen LogP contribution in [0.3, 0.4) is 0 Å². The van der Waals surface area contributed by atoms with E-state index >= 15 is 0 Å². The Bertz CT molecular complexity index is 86.5. The normalized spacial score (nSPS) is 11.8. The molecular formula is C13H30O2. The fourth-order valence-corrected chi connectivity index (χ4v) is 1.28. The van der Waals surface area contributed by atoms with E-state index in [2.05, 4.69) is 20.8 Å². The average molecular weight is 218 g/mol. The lowest BCUT2D eigenvalue weighted by Gasteiger charge is -2.08. The van der Waals surface area contributed by atoms with Crippen molar-refractivity contribution in [2.75, 3.05) is 13.2 Å². The van der Waals surface area contributed by atoms with Gasteiger partial charge in [0.15, 0.2) is 0 Å². The highest BCUT2D eigenvalue weighted by Crippen LogP contribution is 2.10. The highest BCUT2D eigenvalue weighted by Gasteiger charge is 2.01. The summed E-state index contributed by atoms with van der Waals surface area (Å²) in [7, 11) is 0. The maximum atomic E-state index is 8.75. The lowest BCUT2D eigenvalue weighted by molar-refractivity contribution is 0.212. The second-order valence-electron chi connectivity index (χ2n) is 4.03. The summed E-state index contributed by atoms with van der Waals surface area (Å²) in [6.45, 7) is 7.17. The minimum atomic E-state index is 0.355. The zero-order valence-corrected chi connectivity index (χ0v) is 10.8. The van der Waals surface area contributed by atoms with Gasteiger partial charge in [-0.25, -0.2) is 0 Å². The van der Waals surface area contributed by atoms with Gasteiger partial charge in [0.2, 0.25) is 0 Å². The fourth-order valence-electron chi connectivity index (χ4n) is 1.28. The van der Waals surface area contributed by atoms with Crippen LogP contribution in [0.5, 0.6) is 0 Å². The molecule has 0 saturated carbocycles. The Morgan fingerprint density at radius 2 is 1.47 bits per heavy atom. The van der Waals surface area contributed by atoms with Crippen molar-refractivity contribution in [2.24, 2.45) is 5.92 Å². The largest absolute Gasteiger partial charge is 0.396 e. The number of hydrogen-bond acceptors (Lipinski definition) is 2. The van der Waals surface area contributed by atoms with Gasteiger partial charge in [-0.15, -0.1) is 0 Å². The van der Waals surface area contributed by atoms with Crippen LogP contribution in [0.2, 0.25) is 0 Å². The molecule has 0 heterocycles. The first-order valence-electron chi connectivity index (χ1n) is 6.48. The average Bonchev–Trinajstić information content (AvgIpc) is 2.29. The molecule has 0 aromatic rings. The number of unbranched alkanes of at least 4 members (excludes halogenated alkanes) is 3. The van der Waals surface area contributed by atoms with Crippen LogP contribution in [-0.2, 0) is 0 Å². The predicted octanol–water partition coefficient (Wildman–Crippen LogP) is 3.36. The molecule has 0 aromatic carbocycles. The SMILES string of the molecule is CCCCC(CC)CO.CCCCCO. The first kappa shape index (κ1) is 17.3. The Morgan fingerprint density at radius 3 is 1.73 bits per heavy atom. The third kappa shape index (κ3) is 16.6. The van der Waals surface area contributed by atoms with Gasteiger partial charge < -0.3 is 10.2 Å². The van der Waals surface area contributed by atoms with E-state index in [1.165, 1.54) is 25.7 Å². The van der Waals surface area contributed by atoms with E-state index in [-0.39, 0.29) is 0 Å². The number of aliphatic hydroxyl groups is 2. The van der Waals surface area contributed by atoms with E-state index in [9.17, 15) is 0 Å². The quantitative estimate of drug-likeness (QED) is 0.613. The molecule has 94 valence electrons. The van der Waals surface area contributed by atoms with Crippen LogP contribution in [0.25, 0.3) is 0 Å². The molecule has 1 unspecified atom stereocenters. The highest BCUT2D eigenvalue weighted by atomic mass is 16.3. The summed E-state index contributed by atoms with van der Waals surface area (Å²) in [5.41, 5.74) is 0. The van der Waals surface area contributed by atoms with Crippen molar-refractivity contribution in [1.29, 1.82) is 0 Å². The maximum Gasteiger partial charge on any atom is 0.0459 e. The van der Waals surface area contributed by atoms with Crippen molar-refractivity contribution >= 4 is 0 Å². The van der Waals surface area contributed by atoms with Crippen molar-refractivity contribution < 1.29 is 10.2 Å². The van der Waals surface area contributed by atoms with Crippen LogP contribution in [0.4, 0.5) is 0 Å². The van der Waals surface area contributed by atoms with Gasteiger partial charge in [-0.3, -0.25) is 0 Å². The van der Waals surface area contributed by atoms with Crippen LogP contribution < -0.4 is 0 Å². The lowest BCUT2D eigenvalue weighted by atomic mass is 10.0. The smallest absolute Gasteiger partial charge is 0.0459 e. The van der Waals surface area contributed by atoms with Gasteiger partial charge in [0.05, 0.1) is 0 Å². The van der Waals surface area contributed by atoms with Crippen LogP contribution in [0, 0.1) is 5.92 Å². The Kier molecular flexibility index (Phi) is 18.9. The molecular weight excluding hydrogens is 188 g/mol. The van der Waals surface area contributed by atoms with Gasteiger partial charge in [0, 0.05) is 13.2 Å². The van der Waals surface area contributed by atoms with Crippen molar-refractivity contribution in [3.8, 4) is 0 Å². The Balaban J connectivity index is 0. The molecule has 0 aliphatic heterocycles. The lowest BCUT2D eigenvalue weighted by Crippen LogP contribution is -2.03. The minimum Gasteiger partial charge on any atom is -0.396 e. The minimum absolute atomic E-state index is 0.355. The molecule has 0 aromatic heterocycles. The van der Waals surface area contributed by atoms with E-state index in [1.807, 2.05) is 0 Å². The second kappa shape index (κ2) is 16.4. The fraction of sp³-hybridized carbons (Fsp3) is 1.00. The molecule has 0 aliphatic rings. The standard InChI is InChI=1S/C8H18O.C5H12O/c1-3-5-6-8(4-2)7-9;1-2-3-4-5-6/h8-9H,3-7H2,1-2H3;6H,2-5H2,1H3. The van der Waals surface area contributed by atoms with E-state index in [1.54, 1.807) is 0 Å². The van der Waals surface area contributed by atoms with Crippen LogP contribution in [0.1, 0.15) is 65.7 Å². The first-order chi connectivity index (χ1) is 7.26. The molecule has 0 fully saturated rings. The van der Waals surface area contributed by atoms with Crippen LogP contribution >= 0.6 is 0 Å². The van der Waals surface area contributed by atoms with Gasteiger partial charge in [-0.05, 0) is 18.8 Å². The number of aliphatic hydroxyl groups excluding tert-OH is 2. The van der Waals surface area contributed by atoms with Crippen LogP contribution in [0.15, 0.2) is 0 Å². The van der Waals surface area contributed by atoms with Crippen LogP contribution in [-0.4, -0.2) is 23.4 Å². The molecule has 2 N–H and O–H groups in total. The molecule has 0 rings (SSSR count). The number of hydrogen-bond donors (Lipinski definition) is 2. The van der Waals surface area contributed by atoms with Crippen molar-refractivity contribution in [1.82, 2.24) is 0 Å². The summed E-state index contributed by atoms with van der Waals surface area (Å²) in [5, 5.41) is 17.0. The highest BCUT2D eigenvalue weighted by molar-refractivity contribution is 4.53. The molecule has 0 saturated heterocycles. The van der Waals surface area contributed by atoms with Crippen molar-refractivity contribution in [2.45, 2.75) is 65.7 Å². The van der Waals surface area contributed by atoms with E-state index in [4.69, 9.17) is 10.2 Å². The second-order valence-corrected chi connectivity index (χ2v) is 4.03. The third-order valence-corrected chi connectivity index (χ3v) is 2.56. The Labute approximate surface area is 95.7 Å². The monoisotopic (exact) mass is 218 g/mol. The van der Waals surface area contributed by atoms with Crippen molar-refractivity contribution in [3.63, 3.8) is 0 Å².